The Morgan fingerprint density at radius 2 is 1.87 bits per heavy atom. The fraction of sp³-hybridized carbons (Fsp3) is 0.455. The van der Waals surface area contributed by atoms with Crippen molar-refractivity contribution in [1.29, 1.82) is 0 Å². The Balaban J connectivity index is 2.37. The molecule has 1 atom stereocenters. The second-order valence-electron chi connectivity index (χ2n) is 3.22. The lowest BCUT2D eigenvalue weighted by Crippen LogP contribution is -2.21. The van der Waals surface area contributed by atoms with Crippen LogP contribution in [-0.4, -0.2) is 31.5 Å². The summed E-state index contributed by atoms with van der Waals surface area (Å²) in [6, 6.07) is 7.22. The van der Waals surface area contributed by atoms with Crippen molar-refractivity contribution in [3.8, 4) is 11.5 Å². The molecule has 0 aliphatic carbocycles. The molecule has 0 aliphatic heterocycles. The summed E-state index contributed by atoms with van der Waals surface area (Å²) in [6.45, 7) is 0.733. The molecular weight excluding hydrogens is 194 g/mol. The molecule has 1 aromatic rings. The van der Waals surface area contributed by atoms with E-state index >= 15 is 0 Å². The molecule has 0 aliphatic rings. The Bertz CT molecular complexity index is 274. The molecule has 0 saturated carbocycles. The molecule has 0 radical (unpaired) electrons. The molecule has 0 heterocycles. The third-order valence-electron chi connectivity index (χ3n) is 2.00. The van der Waals surface area contributed by atoms with Crippen molar-refractivity contribution in [2.75, 3.05) is 20.3 Å². The van der Waals surface area contributed by atoms with Gasteiger partial charge in [0.1, 0.15) is 18.1 Å². The largest absolute Gasteiger partial charge is 0.497 e. The first-order valence-electron chi connectivity index (χ1n) is 4.91. The molecule has 0 bridgehead atoms. The van der Waals surface area contributed by atoms with Crippen molar-refractivity contribution < 1.29 is 14.6 Å². The molecule has 0 amide bonds. The summed E-state index contributed by atoms with van der Waals surface area (Å²) in [6.07, 6.45) is 0.0491. The molecule has 4 nitrogen and oxygen atoms in total. The van der Waals surface area contributed by atoms with Gasteiger partial charge in [0, 0.05) is 0 Å². The average molecular weight is 211 g/mol. The minimum Gasteiger partial charge on any atom is -0.497 e. The predicted molar refractivity (Wildman–Crippen MR) is 58.2 cm³/mol. The molecule has 0 saturated heterocycles. The molecule has 1 aromatic carbocycles. The highest BCUT2D eigenvalue weighted by molar-refractivity contribution is 5.31. The van der Waals surface area contributed by atoms with Crippen LogP contribution in [0.25, 0.3) is 0 Å². The summed E-state index contributed by atoms with van der Waals surface area (Å²) < 4.78 is 10.4. The van der Waals surface area contributed by atoms with Gasteiger partial charge in [0.25, 0.3) is 0 Å². The van der Waals surface area contributed by atoms with Gasteiger partial charge in [-0.15, -0.1) is 0 Å². The minimum absolute atomic E-state index is 0.267. The average Bonchev–Trinajstić information content (AvgIpc) is 2.27. The van der Waals surface area contributed by atoms with Crippen LogP contribution in [0.1, 0.15) is 6.42 Å². The molecule has 1 rings (SSSR count). The first-order valence-corrected chi connectivity index (χ1v) is 4.91. The summed E-state index contributed by atoms with van der Waals surface area (Å²) in [7, 11) is 1.61. The summed E-state index contributed by atoms with van der Waals surface area (Å²) >= 11 is 0. The second-order valence-corrected chi connectivity index (χ2v) is 3.22. The number of hydrogen-bond acceptors (Lipinski definition) is 4. The second kappa shape index (κ2) is 6.27. The van der Waals surface area contributed by atoms with Gasteiger partial charge in [-0.3, -0.25) is 0 Å². The quantitative estimate of drug-likeness (QED) is 0.730. The van der Waals surface area contributed by atoms with E-state index < -0.39 is 6.10 Å². The lowest BCUT2D eigenvalue weighted by atomic mass is 10.3. The van der Waals surface area contributed by atoms with E-state index in [0.29, 0.717) is 18.7 Å². The van der Waals surface area contributed by atoms with Crippen LogP contribution in [-0.2, 0) is 0 Å². The van der Waals surface area contributed by atoms with Gasteiger partial charge in [0.05, 0.1) is 13.2 Å². The van der Waals surface area contributed by atoms with E-state index in [1.165, 1.54) is 0 Å². The summed E-state index contributed by atoms with van der Waals surface area (Å²) in [4.78, 5) is 0. The van der Waals surface area contributed by atoms with Crippen LogP contribution in [0.2, 0.25) is 0 Å². The highest BCUT2D eigenvalue weighted by atomic mass is 16.5. The summed E-state index contributed by atoms with van der Waals surface area (Å²) in [5.41, 5.74) is 5.30. The Hall–Kier alpha value is -1.26. The first-order chi connectivity index (χ1) is 7.26. The van der Waals surface area contributed by atoms with Crippen molar-refractivity contribution in [2.24, 2.45) is 5.73 Å². The molecule has 0 aromatic heterocycles. The number of methoxy groups -OCH3 is 1. The van der Waals surface area contributed by atoms with Crippen LogP contribution >= 0.6 is 0 Å². The third kappa shape index (κ3) is 4.18. The lowest BCUT2D eigenvalue weighted by Gasteiger charge is -2.11. The Morgan fingerprint density at radius 1 is 1.27 bits per heavy atom. The van der Waals surface area contributed by atoms with Crippen LogP contribution < -0.4 is 15.2 Å². The highest BCUT2D eigenvalue weighted by Crippen LogP contribution is 2.17. The topological polar surface area (TPSA) is 64.7 Å². The van der Waals surface area contributed by atoms with Crippen molar-refractivity contribution in [3.63, 3.8) is 0 Å². The van der Waals surface area contributed by atoms with Crippen LogP contribution in [0.3, 0.4) is 0 Å². The van der Waals surface area contributed by atoms with Crippen molar-refractivity contribution >= 4 is 0 Å². The zero-order chi connectivity index (χ0) is 11.1. The lowest BCUT2D eigenvalue weighted by molar-refractivity contribution is 0.102. The minimum atomic E-state index is -0.503. The van der Waals surface area contributed by atoms with Gasteiger partial charge in [0.2, 0.25) is 0 Å². The number of benzene rings is 1. The standard InChI is InChI=1S/C11H17NO3/c1-14-10-2-4-11(5-3-10)15-8-9(13)6-7-12/h2-5,9,13H,6-8,12H2,1H3. The predicted octanol–water partition coefficient (Wildman–Crippen LogP) is 0.784. The van der Waals surface area contributed by atoms with Crippen molar-refractivity contribution in [2.45, 2.75) is 12.5 Å². The third-order valence-corrected chi connectivity index (χ3v) is 2.00. The normalized spacial score (nSPS) is 12.2. The number of ether oxygens (including phenoxy) is 2. The number of hydrogen-bond donors (Lipinski definition) is 2. The number of aliphatic hydroxyl groups is 1. The van der Waals surface area contributed by atoms with Gasteiger partial charge >= 0.3 is 0 Å². The zero-order valence-electron chi connectivity index (χ0n) is 8.85. The molecule has 84 valence electrons. The Labute approximate surface area is 89.6 Å². The van der Waals surface area contributed by atoms with Crippen molar-refractivity contribution in [1.82, 2.24) is 0 Å². The molecule has 4 heteroatoms. The van der Waals surface area contributed by atoms with E-state index in [1.54, 1.807) is 19.2 Å². The van der Waals surface area contributed by atoms with Gasteiger partial charge in [0.15, 0.2) is 0 Å². The van der Waals surface area contributed by atoms with Gasteiger partial charge in [-0.25, -0.2) is 0 Å². The summed E-state index contributed by atoms with van der Waals surface area (Å²) in [5, 5.41) is 9.38. The van der Waals surface area contributed by atoms with E-state index in [4.69, 9.17) is 15.2 Å². The van der Waals surface area contributed by atoms with Gasteiger partial charge in [-0.1, -0.05) is 0 Å². The van der Waals surface area contributed by atoms with E-state index in [9.17, 15) is 5.11 Å². The first kappa shape index (κ1) is 11.8. The fourth-order valence-electron chi connectivity index (χ4n) is 1.14. The molecule has 0 fully saturated rings. The number of rotatable bonds is 6. The van der Waals surface area contributed by atoms with E-state index in [-0.39, 0.29) is 6.61 Å². The molecule has 0 spiro atoms. The summed E-state index contributed by atoms with van der Waals surface area (Å²) in [5.74, 6) is 1.50. The van der Waals surface area contributed by atoms with Crippen LogP contribution in [0.4, 0.5) is 0 Å². The number of nitrogens with two attached hydrogens (primary N) is 1. The highest BCUT2D eigenvalue weighted by Gasteiger charge is 2.03. The molecule has 3 N–H and O–H groups in total. The van der Waals surface area contributed by atoms with E-state index in [0.717, 1.165) is 5.75 Å². The van der Waals surface area contributed by atoms with Gasteiger partial charge in [-0.2, -0.15) is 0 Å². The van der Waals surface area contributed by atoms with Crippen molar-refractivity contribution in [3.05, 3.63) is 24.3 Å². The van der Waals surface area contributed by atoms with E-state index in [1.807, 2.05) is 12.1 Å². The molecule has 15 heavy (non-hydrogen) atoms. The monoisotopic (exact) mass is 211 g/mol. The maximum atomic E-state index is 9.38. The molecule has 1 unspecified atom stereocenters. The number of aliphatic hydroxyl groups excluding tert-OH is 1. The SMILES string of the molecule is COc1ccc(OCC(O)CCN)cc1. The fourth-order valence-corrected chi connectivity index (χ4v) is 1.14. The Morgan fingerprint density at radius 3 is 2.40 bits per heavy atom. The zero-order valence-corrected chi connectivity index (χ0v) is 8.85. The van der Waals surface area contributed by atoms with Gasteiger partial charge < -0.3 is 20.3 Å². The van der Waals surface area contributed by atoms with Crippen LogP contribution in [0.15, 0.2) is 24.3 Å². The molecular formula is C11H17NO3. The Kier molecular flexibility index (Phi) is 4.93. The van der Waals surface area contributed by atoms with Gasteiger partial charge in [-0.05, 0) is 37.2 Å². The van der Waals surface area contributed by atoms with Crippen LogP contribution in [0, 0.1) is 0 Å². The van der Waals surface area contributed by atoms with Crippen LogP contribution in [0.5, 0.6) is 11.5 Å². The maximum Gasteiger partial charge on any atom is 0.119 e. The maximum absolute atomic E-state index is 9.38. The van der Waals surface area contributed by atoms with E-state index in [2.05, 4.69) is 0 Å². The smallest absolute Gasteiger partial charge is 0.119 e.